The Morgan fingerprint density at radius 3 is 2.45 bits per heavy atom. The van der Waals surface area contributed by atoms with Gasteiger partial charge in [0.15, 0.2) is 5.11 Å². The van der Waals surface area contributed by atoms with Gasteiger partial charge in [0.1, 0.15) is 5.57 Å². The molecule has 1 saturated heterocycles. The van der Waals surface area contributed by atoms with E-state index >= 15 is 0 Å². The first-order valence-electron chi connectivity index (χ1n) is 11.6. The van der Waals surface area contributed by atoms with Crippen LogP contribution in [0.5, 0.6) is 0 Å². The van der Waals surface area contributed by atoms with Crippen molar-refractivity contribution in [3.63, 3.8) is 0 Å². The van der Waals surface area contributed by atoms with E-state index in [1.54, 1.807) is 6.08 Å². The molecule has 2 amide bonds. The van der Waals surface area contributed by atoms with Crippen LogP contribution in [0, 0.1) is 0 Å². The number of thiocarbonyl (C=S) groups is 1. The summed E-state index contributed by atoms with van der Waals surface area (Å²) in [7, 11) is 0. The van der Waals surface area contributed by atoms with E-state index in [2.05, 4.69) is 57.0 Å². The topological polar surface area (TPSA) is 52.7 Å². The first-order chi connectivity index (χ1) is 15.7. The number of nitrogens with one attached hydrogen (secondary N) is 1. The molecular weight excluding hydrogens is 430 g/mol. The second-order valence-electron chi connectivity index (χ2n) is 9.46. The van der Waals surface area contributed by atoms with Gasteiger partial charge in [-0.25, -0.2) is 0 Å². The van der Waals surface area contributed by atoms with Gasteiger partial charge >= 0.3 is 0 Å². The number of carbonyl (C=O) groups excluding carboxylic acids is 2. The van der Waals surface area contributed by atoms with E-state index in [1.807, 2.05) is 30.3 Å². The number of carbonyl (C=O) groups is 2. The molecule has 4 rings (SSSR count). The molecule has 6 heteroatoms. The normalized spacial score (nSPS) is 21.3. The smallest absolute Gasteiger partial charge is 0.270 e. The number of fused-ring (bicyclic) bond motifs is 1. The molecule has 5 nitrogen and oxygen atoms in total. The predicted octanol–water partition coefficient (Wildman–Crippen LogP) is 5.19. The third-order valence-electron chi connectivity index (χ3n) is 6.74. The Balaban J connectivity index is 1.70. The Kier molecular flexibility index (Phi) is 6.14. The van der Waals surface area contributed by atoms with Crippen molar-refractivity contribution >= 4 is 46.6 Å². The van der Waals surface area contributed by atoms with Crippen molar-refractivity contribution in [2.24, 2.45) is 0 Å². The fourth-order valence-corrected chi connectivity index (χ4v) is 5.42. The monoisotopic (exact) mass is 461 g/mol. The molecule has 0 bridgehead atoms. The van der Waals surface area contributed by atoms with Crippen LogP contribution in [0.4, 0.5) is 11.4 Å². The molecule has 2 aliphatic heterocycles. The van der Waals surface area contributed by atoms with Crippen LogP contribution in [0.2, 0.25) is 0 Å². The summed E-state index contributed by atoms with van der Waals surface area (Å²) in [5.74, 6) is -0.489. The van der Waals surface area contributed by atoms with Crippen LogP contribution in [-0.2, 0) is 16.0 Å². The number of benzene rings is 2. The lowest BCUT2D eigenvalue weighted by Gasteiger charge is -2.47. The molecule has 2 aromatic rings. The highest BCUT2D eigenvalue weighted by molar-refractivity contribution is 7.80. The molecule has 1 unspecified atom stereocenters. The molecule has 0 saturated carbocycles. The lowest BCUT2D eigenvalue weighted by Crippen LogP contribution is -2.54. The maximum absolute atomic E-state index is 13.3. The van der Waals surface area contributed by atoms with Crippen LogP contribution in [0.15, 0.2) is 48.0 Å². The van der Waals surface area contributed by atoms with Gasteiger partial charge in [-0.2, -0.15) is 0 Å². The average molecular weight is 462 g/mol. The summed E-state index contributed by atoms with van der Waals surface area (Å²) in [6.45, 7) is 12.0. The summed E-state index contributed by atoms with van der Waals surface area (Å²) in [5, 5.41) is 2.78. The minimum absolute atomic E-state index is 0.0826. The zero-order valence-electron chi connectivity index (χ0n) is 19.9. The number of aryl methyl sites for hydroxylation is 1. The summed E-state index contributed by atoms with van der Waals surface area (Å²) in [6, 6.07) is 13.9. The van der Waals surface area contributed by atoms with Crippen molar-refractivity contribution in [3.05, 3.63) is 64.7 Å². The fourth-order valence-electron chi connectivity index (χ4n) is 5.14. The summed E-state index contributed by atoms with van der Waals surface area (Å²) >= 11 is 5.33. The molecule has 0 spiro atoms. The minimum Gasteiger partial charge on any atom is -0.366 e. The Labute approximate surface area is 201 Å². The number of nitrogens with zero attached hydrogens (tertiary/aromatic N) is 2. The molecule has 2 aromatic carbocycles. The molecule has 1 fully saturated rings. The molecule has 0 aliphatic carbocycles. The molecular formula is C27H31N3O2S. The quantitative estimate of drug-likeness (QED) is 0.387. The van der Waals surface area contributed by atoms with Crippen molar-refractivity contribution in [2.45, 2.75) is 58.9 Å². The van der Waals surface area contributed by atoms with E-state index in [4.69, 9.17) is 12.2 Å². The van der Waals surface area contributed by atoms with Gasteiger partial charge < -0.3 is 4.90 Å². The zero-order valence-corrected chi connectivity index (χ0v) is 20.8. The molecule has 172 valence electrons. The van der Waals surface area contributed by atoms with Crippen molar-refractivity contribution in [2.75, 3.05) is 16.3 Å². The number of hydrogen-bond acceptors (Lipinski definition) is 4. The van der Waals surface area contributed by atoms with Gasteiger partial charge in [-0.15, -0.1) is 0 Å². The third kappa shape index (κ3) is 4.20. The van der Waals surface area contributed by atoms with Crippen molar-refractivity contribution in [1.82, 2.24) is 5.32 Å². The summed E-state index contributed by atoms with van der Waals surface area (Å²) < 4.78 is 0. The van der Waals surface area contributed by atoms with Gasteiger partial charge in [0.2, 0.25) is 0 Å². The van der Waals surface area contributed by atoms with E-state index in [1.165, 1.54) is 21.7 Å². The lowest BCUT2D eigenvalue weighted by atomic mass is 9.79. The fraction of sp³-hybridized carbons (Fsp3) is 0.370. The van der Waals surface area contributed by atoms with Crippen molar-refractivity contribution < 1.29 is 9.59 Å². The highest BCUT2D eigenvalue weighted by Crippen LogP contribution is 2.43. The van der Waals surface area contributed by atoms with Crippen LogP contribution in [-0.4, -0.2) is 29.0 Å². The first kappa shape index (κ1) is 23.2. The van der Waals surface area contributed by atoms with E-state index in [0.717, 1.165) is 24.9 Å². The Morgan fingerprint density at radius 1 is 1.12 bits per heavy atom. The highest BCUT2D eigenvalue weighted by atomic mass is 32.1. The van der Waals surface area contributed by atoms with Crippen LogP contribution in [0.3, 0.4) is 0 Å². The van der Waals surface area contributed by atoms with Gasteiger partial charge in [0.05, 0.1) is 5.69 Å². The van der Waals surface area contributed by atoms with Crippen LogP contribution >= 0.6 is 12.2 Å². The maximum Gasteiger partial charge on any atom is 0.270 e. The average Bonchev–Trinajstić information content (AvgIpc) is 2.77. The number of amides is 2. The molecule has 1 atom stereocenters. The van der Waals surface area contributed by atoms with Crippen LogP contribution in [0.25, 0.3) is 6.08 Å². The maximum atomic E-state index is 13.3. The van der Waals surface area contributed by atoms with Gasteiger partial charge in [0, 0.05) is 17.8 Å². The van der Waals surface area contributed by atoms with E-state index < -0.39 is 11.8 Å². The Bertz CT molecular complexity index is 1150. The SMILES string of the molecule is CCc1ccc(N2C(=O)/C(=C\c3ccc4c(c3)C(C)CC(C)(C)N4CC)C(=O)NC2=S)cc1. The molecule has 2 aliphatic rings. The van der Waals surface area contributed by atoms with E-state index in [-0.39, 0.29) is 16.2 Å². The molecule has 2 heterocycles. The van der Waals surface area contributed by atoms with Gasteiger partial charge in [0.25, 0.3) is 11.8 Å². The largest absolute Gasteiger partial charge is 0.366 e. The van der Waals surface area contributed by atoms with E-state index in [0.29, 0.717) is 11.6 Å². The number of hydrogen-bond donors (Lipinski definition) is 1. The standard InChI is InChI=1S/C27H31N3O2S/c1-6-18-8-11-20(12-9-18)30-25(32)22(24(31)28-26(30)33)15-19-10-13-23-21(14-19)17(3)16-27(4,5)29(23)7-2/h8-15,17H,6-7,16H2,1-5H3,(H,28,31,33)/b22-15-. The molecule has 0 radical (unpaired) electrons. The van der Waals surface area contributed by atoms with Crippen molar-refractivity contribution in [3.8, 4) is 0 Å². The third-order valence-corrected chi connectivity index (χ3v) is 7.03. The molecule has 1 N–H and O–H groups in total. The van der Waals surface area contributed by atoms with Gasteiger partial charge in [-0.3, -0.25) is 19.8 Å². The predicted molar refractivity (Wildman–Crippen MR) is 139 cm³/mol. The van der Waals surface area contributed by atoms with Gasteiger partial charge in [-0.1, -0.05) is 32.0 Å². The summed E-state index contributed by atoms with van der Waals surface area (Å²) in [4.78, 5) is 29.9. The lowest BCUT2D eigenvalue weighted by molar-refractivity contribution is -0.122. The minimum atomic E-state index is -0.464. The first-order valence-corrected chi connectivity index (χ1v) is 12.0. The van der Waals surface area contributed by atoms with E-state index in [9.17, 15) is 9.59 Å². The molecule has 0 aromatic heterocycles. The summed E-state index contributed by atoms with van der Waals surface area (Å²) in [5.41, 5.74) is 5.29. The molecule has 33 heavy (non-hydrogen) atoms. The second kappa shape index (κ2) is 8.75. The highest BCUT2D eigenvalue weighted by Gasteiger charge is 2.36. The second-order valence-corrected chi connectivity index (χ2v) is 9.84. The Morgan fingerprint density at radius 2 is 1.82 bits per heavy atom. The zero-order chi connectivity index (χ0) is 23.9. The van der Waals surface area contributed by atoms with Crippen LogP contribution in [0.1, 0.15) is 63.6 Å². The number of anilines is 2. The van der Waals surface area contributed by atoms with Crippen LogP contribution < -0.4 is 15.1 Å². The Hall–Kier alpha value is -2.99. The summed E-state index contributed by atoms with van der Waals surface area (Å²) in [6.07, 6.45) is 3.63. The number of rotatable bonds is 4. The van der Waals surface area contributed by atoms with Gasteiger partial charge in [-0.05, 0) is 98.8 Å². The van der Waals surface area contributed by atoms with Crippen molar-refractivity contribution in [1.29, 1.82) is 0 Å².